The van der Waals surface area contributed by atoms with E-state index in [0.717, 1.165) is 24.0 Å². The highest BCUT2D eigenvalue weighted by Crippen LogP contribution is 2.34. The maximum Gasteiger partial charge on any atom is 0.573 e. The third-order valence-electron chi connectivity index (χ3n) is 4.19. The van der Waals surface area contributed by atoms with Crippen LogP contribution in [0.5, 0.6) is 5.75 Å². The number of ether oxygens (including phenoxy) is 1. The average Bonchev–Trinajstić information content (AvgIpc) is 2.43. The molecule has 0 radical (unpaired) electrons. The summed E-state index contributed by atoms with van der Waals surface area (Å²) in [6, 6.07) is 9.67. The largest absolute Gasteiger partial charge is 0.573 e. The van der Waals surface area contributed by atoms with E-state index < -0.39 is 6.36 Å². The second-order valence-electron chi connectivity index (χ2n) is 5.73. The lowest BCUT2D eigenvalue weighted by Crippen LogP contribution is -2.17. The van der Waals surface area contributed by atoms with Gasteiger partial charge in [0.05, 0.1) is 4.47 Å². The van der Waals surface area contributed by atoms with Crippen molar-refractivity contribution in [3.05, 3.63) is 62.6 Å². The first-order chi connectivity index (χ1) is 10.9. The van der Waals surface area contributed by atoms with E-state index in [2.05, 4.69) is 38.9 Å². The fourth-order valence-corrected chi connectivity index (χ4v) is 3.38. The molecule has 0 aromatic heterocycles. The summed E-state index contributed by atoms with van der Waals surface area (Å²) in [6.45, 7) is 1.93. The highest BCUT2D eigenvalue weighted by atomic mass is 79.9. The van der Waals surface area contributed by atoms with Gasteiger partial charge < -0.3 is 4.74 Å². The summed E-state index contributed by atoms with van der Waals surface area (Å²) in [7, 11) is 0. The number of hydrogen-bond donors (Lipinski definition) is 0. The van der Waals surface area contributed by atoms with E-state index in [1.165, 1.54) is 22.8 Å². The minimum absolute atomic E-state index is 0.185. The summed E-state index contributed by atoms with van der Waals surface area (Å²) < 4.78 is 41.8. The quantitative estimate of drug-likeness (QED) is 0.666. The van der Waals surface area contributed by atoms with Crippen molar-refractivity contribution in [1.82, 2.24) is 0 Å². The van der Waals surface area contributed by atoms with Gasteiger partial charge in [0.1, 0.15) is 5.75 Å². The zero-order valence-corrected chi connectivity index (χ0v) is 14.2. The van der Waals surface area contributed by atoms with E-state index >= 15 is 0 Å². The molecule has 23 heavy (non-hydrogen) atoms. The van der Waals surface area contributed by atoms with Crippen molar-refractivity contribution in [2.75, 3.05) is 0 Å². The zero-order valence-electron chi connectivity index (χ0n) is 12.6. The Kier molecular flexibility index (Phi) is 4.41. The number of fused-ring (bicyclic) bond motifs is 1. The molecular weight excluding hydrogens is 369 g/mol. The summed E-state index contributed by atoms with van der Waals surface area (Å²) >= 11 is 3.19. The molecule has 122 valence electrons. The van der Waals surface area contributed by atoms with Crippen LogP contribution in [0.4, 0.5) is 13.2 Å². The van der Waals surface area contributed by atoms with E-state index in [4.69, 9.17) is 0 Å². The zero-order chi connectivity index (χ0) is 16.6. The van der Waals surface area contributed by atoms with Crippen molar-refractivity contribution >= 4 is 15.9 Å². The summed E-state index contributed by atoms with van der Waals surface area (Å²) in [4.78, 5) is 0. The van der Waals surface area contributed by atoms with Crippen LogP contribution in [0.1, 0.15) is 34.7 Å². The van der Waals surface area contributed by atoms with Gasteiger partial charge in [-0.3, -0.25) is 0 Å². The van der Waals surface area contributed by atoms with Crippen LogP contribution in [0, 0.1) is 0 Å². The van der Waals surface area contributed by atoms with Crippen molar-refractivity contribution in [3.8, 4) is 5.75 Å². The summed E-state index contributed by atoms with van der Waals surface area (Å²) in [5.41, 5.74) is 5.87. The average molecular weight is 385 g/mol. The Balaban J connectivity index is 1.89. The number of hydrogen-bond acceptors (Lipinski definition) is 1. The SMILES string of the molecule is CCc1cc(OC(F)(F)F)c(Br)cc1Cc1ccc2c(c1)CC2. The van der Waals surface area contributed by atoms with Gasteiger partial charge in [0.2, 0.25) is 0 Å². The number of aryl methyl sites for hydroxylation is 3. The van der Waals surface area contributed by atoms with Crippen LogP contribution >= 0.6 is 15.9 Å². The van der Waals surface area contributed by atoms with Crippen molar-refractivity contribution < 1.29 is 17.9 Å². The van der Waals surface area contributed by atoms with E-state index in [1.54, 1.807) is 6.07 Å². The molecule has 1 nitrogen and oxygen atoms in total. The first-order valence-electron chi connectivity index (χ1n) is 7.53. The molecule has 2 aromatic carbocycles. The molecular formula is C18H16BrF3O. The molecule has 1 aliphatic carbocycles. The van der Waals surface area contributed by atoms with Crippen LogP contribution in [0.25, 0.3) is 0 Å². The molecule has 0 unspecified atom stereocenters. The monoisotopic (exact) mass is 384 g/mol. The van der Waals surface area contributed by atoms with E-state index in [1.807, 2.05) is 6.92 Å². The van der Waals surface area contributed by atoms with Crippen LogP contribution in [0.15, 0.2) is 34.8 Å². The number of alkyl halides is 3. The molecule has 5 heteroatoms. The standard InChI is InChI=1S/C18H16BrF3O/c1-2-12-10-17(23-18(20,21)22)16(19)9-15(12)8-11-3-4-13-5-6-14(13)7-11/h3-4,7,9-10H,2,5-6,8H2,1H3. The van der Waals surface area contributed by atoms with Gasteiger partial charge in [-0.25, -0.2) is 0 Å². The molecule has 0 fully saturated rings. The fraction of sp³-hybridized carbons (Fsp3) is 0.333. The molecule has 0 aliphatic heterocycles. The molecule has 0 N–H and O–H groups in total. The Labute approximate surface area is 141 Å². The Morgan fingerprint density at radius 3 is 2.35 bits per heavy atom. The van der Waals surface area contributed by atoms with E-state index in [9.17, 15) is 13.2 Å². The molecule has 0 atom stereocenters. The smallest absolute Gasteiger partial charge is 0.405 e. The molecule has 0 amide bonds. The molecule has 0 saturated carbocycles. The molecule has 2 aromatic rings. The van der Waals surface area contributed by atoms with Gasteiger partial charge >= 0.3 is 6.36 Å². The predicted octanol–water partition coefficient (Wildman–Crippen LogP) is 5.60. The Morgan fingerprint density at radius 1 is 1.04 bits per heavy atom. The van der Waals surface area contributed by atoms with Gasteiger partial charge in [0.25, 0.3) is 0 Å². The van der Waals surface area contributed by atoms with Crippen molar-refractivity contribution in [2.45, 2.75) is 39.0 Å². The molecule has 0 heterocycles. The number of halogens is 4. The van der Waals surface area contributed by atoms with Crippen molar-refractivity contribution in [1.29, 1.82) is 0 Å². The van der Waals surface area contributed by atoms with Crippen LogP contribution in [-0.2, 0) is 25.7 Å². The van der Waals surface area contributed by atoms with Gasteiger partial charge in [0, 0.05) is 0 Å². The fourth-order valence-electron chi connectivity index (χ4n) is 2.91. The lowest BCUT2D eigenvalue weighted by molar-refractivity contribution is -0.274. The number of benzene rings is 2. The highest BCUT2D eigenvalue weighted by Gasteiger charge is 2.32. The van der Waals surface area contributed by atoms with Gasteiger partial charge in [-0.1, -0.05) is 25.1 Å². The topological polar surface area (TPSA) is 9.23 Å². The Morgan fingerprint density at radius 2 is 1.78 bits per heavy atom. The number of rotatable bonds is 4. The van der Waals surface area contributed by atoms with Crippen molar-refractivity contribution in [3.63, 3.8) is 0 Å². The molecule has 3 rings (SSSR count). The van der Waals surface area contributed by atoms with Gasteiger partial charge in [0.15, 0.2) is 0 Å². The third-order valence-corrected chi connectivity index (χ3v) is 4.81. The molecule has 0 spiro atoms. The Bertz CT molecular complexity index is 738. The van der Waals surface area contributed by atoms with Crippen molar-refractivity contribution in [2.24, 2.45) is 0 Å². The molecule has 0 saturated heterocycles. The summed E-state index contributed by atoms with van der Waals surface area (Å²) in [5.74, 6) is -0.185. The van der Waals surface area contributed by atoms with E-state index in [0.29, 0.717) is 17.3 Å². The normalized spacial score (nSPS) is 13.4. The minimum atomic E-state index is -4.68. The summed E-state index contributed by atoms with van der Waals surface area (Å²) in [6.07, 6.45) is -1.06. The minimum Gasteiger partial charge on any atom is -0.405 e. The van der Waals surface area contributed by atoms with Gasteiger partial charge in [-0.15, -0.1) is 13.2 Å². The third kappa shape index (κ3) is 3.71. The summed E-state index contributed by atoms with van der Waals surface area (Å²) in [5, 5.41) is 0. The lowest BCUT2D eigenvalue weighted by atomic mass is 9.86. The lowest BCUT2D eigenvalue weighted by Gasteiger charge is -2.20. The highest BCUT2D eigenvalue weighted by molar-refractivity contribution is 9.10. The maximum atomic E-state index is 12.5. The van der Waals surface area contributed by atoms with Crippen LogP contribution in [0.3, 0.4) is 0 Å². The van der Waals surface area contributed by atoms with Crippen LogP contribution < -0.4 is 4.74 Å². The maximum absolute atomic E-state index is 12.5. The van der Waals surface area contributed by atoms with Gasteiger partial charge in [-0.05, 0) is 81.6 Å². The first-order valence-corrected chi connectivity index (χ1v) is 8.32. The second kappa shape index (κ2) is 6.19. The van der Waals surface area contributed by atoms with Gasteiger partial charge in [-0.2, -0.15) is 0 Å². The Hall–Kier alpha value is -1.49. The molecule has 1 aliphatic rings. The van der Waals surface area contributed by atoms with Crippen LogP contribution in [0.2, 0.25) is 0 Å². The van der Waals surface area contributed by atoms with E-state index in [-0.39, 0.29) is 5.75 Å². The predicted molar refractivity (Wildman–Crippen MR) is 86.9 cm³/mol. The first kappa shape index (κ1) is 16.4. The second-order valence-corrected chi connectivity index (χ2v) is 6.59. The molecule has 0 bridgehead atoms. The van der Waals surface area contributed by atoms with Crippen LogP contribution in [-0.4, -0.2) is 6.36 Å².